The highest BCUT2D eigenvalue weighted by Gasteiger charge is 2.63. The monoisotopic (exact) mass is 204 g/mol. The second kappa shape index (κ2) is 2.80. The van der Waals surface area contributed by atoms with Crippen molar-refractivity contribution in [2.75, 3.05) is 6.61 Å². The molecule has 0 radical (unpaired) electrons. The molecule has 0 saturated heterocycles. The standard InChI is InChI=1S/C7H12N2O5/c8-6-9-4-3(14-6)2(11)5(12)7(4,13)1-10/h2-5,10-13H,1H2,(H2,8,9)/t2-,3+,4+,5-,7-/m0/s1. The van der Waals surface area contributed by atoms with Crippen molar-refractivity contribution in [2.45, 2.75) is 30.0 Å². The molecule has 0 unspecified atom stereocenters. The molecule has 0 aromatic carbocycles. The van der Waals surface area contributed by atoms with Gasteiger partial charge in [0.2, 0.25) is 0 Å². The molecular formula is C7H12N2O5. The van der Waals surface area contributed by atoms with Crippen LogP contribution in [0.5, 0.6) is 0 Å². The number of hydrogen-bond donors (Lipinski definition) is 5. The fourth-order valence-electron chi connectivity index (χ4n) is 1.93. The van der Waals surface area contributed by atoms with Crippen LogP contribution in [-0.4, -0.2) is 63.0 Å². The van der Waals surface area contributed by atoms with E-state index in [2.05, 4.69) is 4.99 Å². The lowest BCUT2D eigenvalue weighted by Gasteiger charge is -2.26. The summed E-state index contributed by atoms with van der Waals surface area (Å²) in [6, 6.07) is -1.07. The van der Waals surface area contributed by atoms with E-state index in [0.717, 1.165) is 0 Å². The summed E-state index contributed by atoms with van der Waals surface area (Å²) in [5.74, 6) is 0. The molecule has 2 aliphatic rings. The van der Waals surface area contributed by atoms with E-state index in [0.29, 0.717) is 0 Å². The van der Waals surface area contributed by atoms with Gasteiger partial charge in [-0.05, 0) is 0 Å². The lowest BCUT2D eigenvalue weighted by Crippen LogP contribution is -2.50. The molecule has 80 valence electrons. The Bertz CT molecular complexity index is 283. The van der Waals surface area contributed by atoms with Crippen LogP contribution in [0.3, 0.4) is 0 Å². The molecule has 2 rings (SSSR count). The van der Waals surface area contributed by atoms with Gasteiger partial charge in [0.05, 0.1) is 6.61 Å². The fraction of sp³-hybridized carbons (Fsp3) is 0.857. The molecule has 1 saturated carbocycles. The van der Waals surface area contributed by atoms with E-state index in [9.17, 15) is 15.3 Å². The van der Waals surface area contributed by atoms with Gasteiger partial charge in [-0.15, -0.1) is 0 Å². The third-order valence-electron chi connectivity index (χ3n) is 2.77. The van der Waals surface area contributed by atoms with Crippen LogP contribution in [0.1, 0.15) is 0 Å². The molecule has 0 aromatic rings. The average molecular weight is 204 g/mol. The summed E-state index contributed by atoms with van der Waals surface area (Å²) in [6.07, 6.45) is -3.68. The molecule has 1 heterocycles. The van der Waals surface area contributed by atoms with Gasteiger partial charge in [0, 0.05) is 0 Å². The molecule has 0 aromatic heterocycles. The van der Waals surface area contributed by atoms with Crippen molar-refractivity contribution in [1.82, 2.24) is 0 Å². The van der Waals surface area contributed by atoms with E-state index in [4.69, 9.17) is 15.6 Å². The van der Waals surface area contributed by atoms with Gasteiger partial charge in [0.25, 0.3) is 6.02 Å². The molecule has 1 fully saturated rings. The molecule has 6 N–H and O–H groups in total. The number of hydrogen-bond acceptors (Lipinski definition) is 7. The Balaban J connectivity index is 2.35. The topological polar surface area (TPSA) is 129 Å². The van der Waals surface area contributed by atoms with E-state index in [1.54, 1.807) is 0 Å². The highest BCUT2D eigenvalue weighted by Crippen LogP contribution is 2.37. The number of fused-ring (bicyclic) bond motifs is 1. The van der Waals surface area contributed by atoms with Crippen molar-refractivity contribution in [2.24, 2.45) is 10.7 Å². The summed E-state index contributed by atoms with van der Waals surface area (Å²) >= 11 is 0. The second-order valence-corrected chi connectivity index (χ2v) is 3.58. The van der Waals surface area contributed by atoms with Crippen molar-refractivity contribution in [3.8, 4) is 0 Å². The highest BCUT2D eigenvalue weighted by atomic mass is 16.5. The minimum absolute atomic E-state index is 0.155. The summed E-state index contributed by atoms with van der Waals surface area (Å²) in [7, 11) is 0. The van der Waals surface area contributed by atoms with Crippen LogP contribution < -0.4 is 5.73 Å². The van der Waals surface area contributed by atoms with Gasteiger partial charge in [-0.25, -0.2) is 4.99 Å². The quantitative estimate of drug-likeness (QED) is 0.302. The minimum atomic E-state index is -1.88. The van der Waals surface area contributed by atoms with Gasteiger partial charge in [0.1, 0.15) is 23.9 Å². The maximum atomic E-state index is 9.82. The molecule has 0 spiro atoms. The van der Waals surface area contributed by atoms with Crippen LogP contribution in [0.4, 0.5) is 0 Å². The zero-order valence-corrected chi connectivity index (χ0v) is 7.24. The molecule has 0 amide bonds. The van der Waals surface area contributed by atoms with Crippen molar-refractivity contribution in [3.63, 3.8) is 0 Å². The number of aliphatic imine (C=N–C) groups is 1. The van der Waals surface area contributed by atoms with Gasteiger partial charge >= 0.3 is 0 Å². The van der Waals surface area contributed by atoms with E-state index >= 15 is 0 Å². The first kappa shape index (κ1) is 9.66. The van der Waals surface area contributed by atoms with Gasteiger partial charge < -0.3 is 30.9 Å². The number of aliphatic hydroxyl groups excluding tert-OH is 3. The first-order chi connectivity index (χ1) is 6.50. The SMILES string of the molecule is NC1=N[C@@H]2[C@H](O1)[C@H](O)[C@H](O)[C@]2(O)CO. The maximum absolute atomic E-state index is 9.82. The van der Waals surface area contributed by atoms with E-state index in [-0.39, 0.29) is 6.02 Å². The maximum Gasteiger partial charge on any atom is 0.282 e. The molecule has 1 aliphatic carbocycles. The predicted molar refractivity (Wildman–Crippen MR) is 44.3 cm³/mol. The number of nitrogens with zero attached hydrogens (tertiary/aromatic N) is 1. The lowest BCUT2D eigenvalue weighted by molar-refractivity contribution is -0.117. The summed E-state index contributed by atoms with van der Waals surface area (Å²) < 4.78 is 4.91. The van der Waals surface area contributed by atoms with Crippen LogP contribution >= 0.6 is 0 Å². The third kappa shape index (κ3) is 0.976. The number of amidine groups is 1. The van der Waals surface area contributed by atoms with Crippen LogP contribution in [-0.2, 0) is 4.74 Å². The molecule has 5 atom stereocenters. The summed E-state index contributed by atoms with van der Waals surface area (Å²) in [6.45, 7) is -0.716. The summed E-state index contributed by atoms with van der Waals surface area (Å²) in [5.41, 5.74) is 3.37. The van der Waals surface area contributed by atoms with Crippen molar-refractivity contribution >= 4 is 6.02 Å². The van der Waals surface area contributed by atoms with Gasteiger partial charge in [-0.2, -0.15) is 0 Å². The minimum Gasteiger partial charge on any atom is -0.457 e. The number of rotatable bonds is 1. The number of nitrogens with two attached hydrogens (primary N) is 1. The van der Waals surface area contributed by atoms with Gasteiger partial charge in [-0.1, -0.05) is 0 Å². The van der Waals surface area contributed by atoms with Crippen molar-refractivity contribution in [1.29, 1.82) is 0 Å². The number of ether oxygens (including phenoxy) is 1. The molecular weight excluding hydrogens is 192 g/mol. The fourth-order valence-corrected chi connectivity index (χ4v) is 1.93. The first-order valence-electron chi connectivity index (χ1n) is 4.20. The summed E-state index contributed by atoms with van der Waals surface area (Å²) in [5, 5.41) is 37.7. The Morgan fingerprint density at radius 2 is 2.14 bits per heavy atom. The zero-order valence-electron chi connectivity index (χ0n) is 7.24. The Morgan fingerprint density at radius 3 is 2.71 bits per heavy atom. The van der Waals surface area contributed by atoms with E-state index in [1.165, 1.54) is 0 Å². The zero-order chi connectivity index (χ0) is 10.5. The molecule has 0 bridgehead atoms. The Hall–Kier alpha value is -0.890. The number of aliphatic hydroxyl groups is 4. The van der Waals surface area contributed by atoms with E-state index < -0.39 is 36.6 Å². The third-order valence-corrected chi connectivity index (χ3v) is 2.77. The van der Waals surface area contributed by atoms with Crippen molar-refractivity contribution in [3.05, 3.63) is 0 Å². The predicted octanol–water partition coefficient (Wildman–Crippen LogP) is -3.47. The summed E-state index contributed by atoms with van der Waals surface area (Å²) in [4.78, 5) is 3.72. The molecule has 14 heavy (non-hydrogen) atoms. The van der Waals surface area contributed by atoms with Crippen LogP contribution in [0, 0.1) is 0 Å². The molecule has 7 heteroatoms. The normalized spacial score (nSPS) is 51.3. The Kier molecular flexibility index (Phi) is 1.93. The second-order valence-electron chi connectivity index (χ2n) is 3.58. The van der Waals surface area contributed by atoms with Crippen molar-refractivity contribution < 1.29 is 25.2 Å². The first-order valence-corrected chi connectivity index (χ1v) is 4.20. The van der Waals surface area contributed by atoms with Gasteiger partial charge in [0.15, 0.2) is 6.10 Å². The smallest absolute Gasteiger partial charge is 0.282 e. The lowest BCUT2D eigenvalue weighted by atomic mass is 9.97. The van der Waals surface area contributed by atoms with Crippen LogP contribution in [0.2, 0.25) is 0 Å². The van der Waals surface area contributed by atoms with Gasteiger partial charge in [-0.3, -0.25) is 0 Å². The van der Waals surface area contributed by atoms with Crippen LogP contribution in [0.15, 0.2) is 4.99 Å². The van der Waals surface area contributed by atoms with E-state index in [1.807, 2.05) is 0 Å². The Morgan fingerprint density at radius 1 is 1.50 bits per heavy atom. The Labute approximate surface area is 79.4 Å². The molecule has 7 nitrogen and oxygen atoms in total. The largest absolute Gasteiger partial charge is 0.457 e. The average Bonchev–Trinajstić information content (AvgIpc) is 2.62. The highest BCUT2D eigenvalue weighted by molar-refractivity contribution is 5.74. The molecule has 1 aliphatic heterocycles. The van der Waals surface area contributed by atoms with Crippen LogP contribution in [0.25, 0.3) is 0 Å².